The summed E-state index contributed by atoms with van der Waals surface area (Å²) < 4.78 is 0. The van der Waals surface area contributed by atoms with Gasteiger partial charge in [0.2, 0.25) is 0 Å². The van der Waals surface area contributed by atoms with Gasteiger partial charge in [-0.2, -0.15) is 0 Å². The molecule has 19 heavy (non-hydrogen) atoms. The predicted octanol–water partition coefficient (Wildman–Crippen LogP) is 4.39. The van der Waals surface area contributed by atoms with Crippen LogP contribution in [0.4, 0.5) is 0 Å². The number of hydrogen-bond donors (Lipinski definition) is 1. The molecular weight excluding hydrogens is 232 g/mol. The fourth-order valence-electron chi connectivity index (χ4n) is 6.79. The van der Waals surface area contributed by atoms with Gasteiger partial charge in [-0.25, -0.2) is 0 Å². The van der Waals surface area contributed by atoms with Gasteiger partial charge in [0.05, 0.1) is 6.10 Å². The number of rotatable bonds is 0. The minimum absolute atomic E-state index is 0.0249. The molecule has 0 heterocycles. The molecule has 0 bridgehead atoms. The van der Waals surface area contributed by atoms with Crippen LogP contribution in [-0.2, 0) is 0 Å². The topological polar surface area (TPSA) is 20.2 Å². The standard InChI is InChI=1S/C18H30O/c1-18-9-2-3-17(18)15-7-5-12-4-6-13(19)11-16(12)14(15)8-10-18/h12-17,19H,2-11H2,1H3/t12?,13-,14?,15?,16?,17?,18?/m1/s1. The highest BCUT2D eigenvalue weighted by molar-refractivity contribution is 5.03. The molecule has 0 radical (unpaired) electrons. The van der Waals surface area contributed by atoms with E-state index < -0.39 is 0 Å². The van der Waals surface area contributed by atoms with Crippen LogP contribution in [0.2, 0.25) is 0 Å². The Morgan fingerprint density at radius 2 is 1.68 bits per heavy atom. The zero-order valence-electron chi connectivity index (χ0n) is 12.5. The Bertz CT molecular complexity index is 352. The highest BCUT2D eigenvalue weighted by Crippen LogP contribution is 2.62. The lowest BCUT2D eigenvalue weighted by Gasteiger charge is -2.55. The molecule has 108 valence electrons. The fourth-order valence-corrected chi connectivity index (χ4v) is 6.79. The molecule has 4 saturated carbocycles. The molecule has 4 aliphatic carbocycles. The normalized spacial score (nSPS) is 57.2. The second kappa shape index (κ2) is 4.48. The van der Waals surface area contributed by atoms with Crippen LogP contribution in [0.15, 0.2) is 0 Å². The van der Waals surface area contributed by atoms with Crippen LogP contribution < -0.4 is 0 Å². The summed E-state index contributed by atoms with van der Waals surface area (Å²) in [5.74, 6) is 4.88. The van der Waals surface area contributed by atoms with Gasteiger partial charge >= 0.3 is 0 Å². The van der Waals surface area contributed by atoms with Crippen molar-refractivity contribution in [2.45, 2.75) is 77.2 Å². The summed E-state index contributed by atoms with van der Waals surface area (Å²) in [5.41, 5.74) is 0.696. The first-order valence-electron chi connectivity index (χ1n) is 8.85. The van der Waals surface area contributed by atoms with Crippen LogP contribution in [0.5, 0.6) is 0 Å². The molecule has 4 aliphatic rings. The third kappa shape index (κ3) is 1.91. The SMILES string of the molecule is CC12CCCC1C1CCC3CC[C@@H](O)CC3C1CC2. The minimum Gasteiger partial charge on any atom is -0.393 e. The Morgan fingerprint density at radius 3 is 2.58 bits per heavy atom. The molecule has 0 saturated heterocycles. The smallest absolute Gasteiger partial charge is 0.0543 e. The van der Waals surface area contributed by atoms with Gasteiger partial charge in [0.1, 0.15) is 0 Å². The predicted molar refractivity (Wildman–Crippen MR) is 77.7 cm³/mol. The van der Waals surface area contributed by atoms with E-state index in [0.29, 0.717) is 5.41 Å². The summed E-state index contributed by atoms with van der Waals surface area (Å²) in [6, 6.07) is 0. The van der Waals surface area contributed by atoms with Crippen LogP contribution in [-0.4, -0.2) is 11.2 Å². The largest absolute Gasteiger partial charge is 0.393 e. The number of aliphatic hydroxyl groups excluding tert-OH is 1. The lowest BCUT2D eigenvalue weighted by atomic mass is 9.50. The highest BCUT2D eigenvalue weighted by Gasteiger charge is 2.53. The van der Waals surface area contributed by atoms with Crippen molar-refractivity contribution in [1.82, 2.24) is 0 Å². The molecule has 0 amide bonds. The average molecular weight is 262 g/mol. The summed E-state index contributed by atoms with van der Waals surface area (Å²) >= 11 is 0. The molecule has 0 aromatic rings. The quantitative estimate of drug-likeness (QED) is 0.686. The molecule has 7 atom stereocenters. The van der Waals surface area contributed by atoms with Gasteiger partial charge in [0.25, 0.3) is 0 Å². The molecule has 0 spiro atoms. The van der Waals surface area contributed by atoms with Crippen molar-refractivity contribution in [3.63, 3.8) is 0 Å². The fraction of sp³-hybridized carbons (Fsp3) is 1.00. The average Bonchev–Trinajstić information content (AvgIpc) is 2.80. The van der Waals surface area contributed by atoms with Crippen molar-refractivity contribution in [2.75, 3.05) is 0 Å². The van der Waals surface area contributed by atoms with E-state index >= 15 is 0 Å². The van der Waals surface area contributed by atoms with E-state index in [0.717, 1.165) is 42.4 Å². The van der Waals surface area contributed by atoms with Crippen LogP contribution in [0.25, 0.3) is 0 Å². The van der Waals surface area contributed by atoms with Gasteiger partial charge in [-0.3, -0.25) is 0 Å². The summed E-state index contributed by atoms with van der Waals surface area (Å²) in [6.45, 7) is 2.59. The molecule has 4 rings (SSSR count). The van der Waals surface area contributed by atoms with Gasteiger partial charge in [0, 0.05) is 0 Å². The number of aliphatic hydroxyl groups is 1. The maximum absolute atomic E-state index is 10.1. The van der Waals surface area contributed by atoms with Gasteiger partial charge in [-0.05, 0) is 92.8 Å². The summed E-state index contributed by atoms with van der Waals surface area (Å²) in [7, 11) is 0. The molecule has 1 N–H and O–H groups in total. The van der Waals surface area contributed by atoms with Crippen LogP contribution in [0.1, 0.15) is 71.1 Å². The first-order valence-corrected chi connectivity index (χ1v) is 8.85. The van der Waals surface area contributed by atoms with Crippen molar-refractivity contribution in [3.05, 3.63) is 0 Å². The molecule has 1 nitrogen and oxygen atoms in total. The third-order valence-electron chi connectivity index (χ3n) is 7.71. The van der Waals surface area contributed by atoms with Crippen LogP contribution in [0, 0.1) is 35.0 Å². The number of hydrogen-bond acceptors (Lipinski definition) is 1. The van der Waals surface area contributed by atoms with E-state index in [2.05, 4.69) is 6.92 Å². The van der Waals surface area contributed by atoms with Gasteiger partial charge in [-0.1, -0.05) is 13.3 Å². The van der Waals surface area contributed by atoms with Crippen molar-refractivity contribution in [3.8, 4) is 0 Å². The van der Waals surface area contributed by atoms with Crippen LogP contribution >= 0.6 is 0 Å². The van der Waals surface area contributed by atoms with Crippen LogP contribution in [0.3, 0.4) is 0 Å². The Hall–Kier alpha value is -0.0400. The van der Waals surface area contributed by atoms with E-state index in [1.54, 1.807) is 0 Å². The van der Waals surface area contributed by atoms with E-state index in [9.17, 15) is 5.11 Å². The molecule has 0 aromatic heterocycles. The van der Waals surface area contributed by atoms with E-state index in [1.807, 2.05) is 0 Å². The Kier molecular flexibility index (Phi) is 2.99. The first-order chi connectivity index (χ1) is 9.17. The molecule has 6 unspecified atom stereocenters. The van der Waals surface area contributed by atoms with Crippen molar-refractivity contribution in [2.24, 2.45) is 35.0 Å². The van der Waals surface area contributed by atoms with Gasteiger partial charge in [-0.15, -0.1) is 0 Å². The lowest BCUT2D eigenvalue weighted by molar-refractivity contribution is -0.0700. The lowest BCUT2D eigenvalue weighted by Crippen LogP contribution is -2.47. The molecule has 4 fully saturated rings. The zero-order valence-corrected chi connectivity index (χ0v) is 12.5. The second-order valence-electron chi connectivity index (χ2n) is 8.49. The maximum Gasteiger partial charge on any atom is 0.0543 e. The summed E-state index contributed by atoms with van der Waals surface area (Å²) in [5, 5.41) is 10.1. The summed E-state index contributed by atoms with van der Waals surface area (Å²) in [6.07, 6.45) is 14.0. The monoisotopic (exact) mass is 262 g/mol. The van der Waals surface area contributed by atoms with Gasteiger partial charge in [0.15, 0.2) is 0 Å². The Labute approximate surface area is 118 Å². The molecular formula is C18H30O. The van der Waals surface area contributed by atoms with Crippen molar-refractivity contribution >= 4 is 0 Å². The Balaban J connectivity index is 1.58. The zero-order chi connectivity index (χ0) is 13.0. The van der Waals surface area contributed by atoms with E-state index in [-0.39, 0.29) is 6.10 Å². The third-order valence-corrected chi connectivity index (χ3v) is 7.71. The molecule has 0 aromatic carbocycles. The van der Waals surface area contributed by atoms with Gasteiger partial charge < -0.3 is 5.11 Å². The molecule has 0 aliphatic heterocycles. The van der Waals surface area contributed by atoms with Crippen molar-refractivity contribution < 1.29 is 5.11 Å². The minimum atomic E-state index is 0.0249. The van der Waals surface area contributed by atoms with E-state index in [1.165, 1.54) is 51.4 Å². The summed E-state index contributed by atoms with van der Waals surface area (Å²) in [4.78, 5) is 0. The Morgan fingerprint density at radius 1 is 0.842 bits per heavy atom. The molecule has 1 heteroatoms. The maximum atomic E-state index is 10.1. The highest BCUT2D eigenvalue weighted by atomic mass is 16.3. The number of fused-ring (bicyclic) bond motifs is 5. The van der Waals surface area contributed by atoms with Crippen molar-refractivity contribution in [1.29, 1.82) is 0 Å². The van der Waals surface area contributed by atoms with E-state index in [4.69, 9.17) is 0 Å². The first kappa shape index (κ1) is 12.7. The second-order valence-corrected chi connectivity index (χ2v) is 8.49.